The number of nitrogens with one attached hydrogen (secondary N) is 2. The second-order valence-corrected chi connectivity index (χ2v) is 6.94. The van der Waals surface area contributed by atoms with E-state index in [-0.39, 0.29) is 5.91 Å². The van der Waals surface area contributed by atoms with Crippen LogP contribution in [-0.2, 0) is 11.3 Å². The molecule has 1 aliphatic heterocycles. The Kier molecular flexibility index (Phi) is 5.31. The second kappa shape index (κ2) is 7.62. The van der Waals surface area contributed by atoms with Gasteiger partial charge in [0.2, 0.25) is 5.91 Å². The summed E-state index contributed by atoms with van der Waals surface area (Å²) in [5.41, 5.74) is 1.17. The van der Waals surface area contributed by atoms with Gasteiger partial charge in [0.05, 0.1) is 13.7 Å². The Morgan fingerprint density at radius 1 is 1.30 bits per heavy atom. The fourth-order valence-electron chi connectivity index (χ4n) is 2.80. The molecule has 1 aromatic heterocycles. The van der Waals surface area contributed by atoms with Gasteiger partial charge in [-0.1, -0.05) is 0 Å². The fourth-order valence-corrected chi connectivity index (χ4v) is 3.75. The summed E-state index contributed by atoms with van der Waals surface area (Å²) < 4.78 is 5.18. The molecule has 2 heterocycles. The van der Waals surface area contributed by atoms with Gasteiger partial charge in [0.15, 0.2) is 0 Å². The van der Waals surface area contributed by atoms with E-state index in [0.29, 0.717) is 19.0 Å². The highest BCUT2D eigenvalue weighted by Gasteiger charge is 2.17. The summed E-state index contributed by atoms with van der Waals surface area (Å²) >= 11 is 1.71. The number of carbonyl (C=O) groups excluding carboxylic acids is 1. The first kappa shape index (κ1) is 16.0. The lowest BCUT2D eigenvalue weighted by molar-refractivity contribution is -0.121. The van der Waals surface area contributed by atoms with E-state index in [9.17, 15) is 4.79 Å². The van der Waals surface area contributed by atoms with E-state index in [4.69, 9.17) is 4.74 Å². The lowest BCUT2D eigenvalue weighted by Gasteiger charge is -2.09. The Hall–Kier alpha value is -1.85. The Bertz CT molecular complexity index is 645. The zero-order chi connectivity index (χ0) is 16.1. The van der Waals surface area contributed by atoms with Crippen molar-refractivity contribution in [1.82, 2.24) is 10.6 Å². The third kappa shape index (κ3) is 4.33. The highest BCUT2D eigenvalue weighted by atomic mass is 32.1. The first-order valence-corrected chi connectivity index (χ1v) is 8.79. The van der Waals surface area contributed by atoms with Gasteiger partial charge in [-0.25, -0.2) is 0 Å². The maximum Gasteiger partial charge on any atom is 0.221 e. The SMILES string of the molecule is COc1ccc(-c2ccc(CNC(=O)CC3CCCN3)s2)cc1. The predicted octanol–water partition coefficient (Wildman–Crippen LogP) is 3.18. The molecule has 2 N–H and O–H groups in total. The van der Waals surface area contributed by atoms with Crippen molar-refractivity contribution in [2.24, 2.45) is 0 Å². The van der Waals surface area contributed by atoms with Crippen LogP contribution in [0.2, 0.25) is 0 Å². The molecule has 0 aliphatic carbocycles. The Labute approximate surface area is 140 Å². The molecular weight excluding hydrogens is 308 g/mol. The lowest BCUT2D eigenvalue weighted by Crippen LogP contribution is -2.31. The molecule has 2 aromatic rings. The van der Waals surface area contributed by atoms with Gasteiger partial charge in [0, 0.05) is 22.2 Å². The maximum absolute atomic E-state index is 12.0. The summed E-state index contributed by atoms with van der Waals surface area (Å²) in [4.78, 5) is 14.3. The molecule has 1 amide bonds. The van der Waals surface area contributed by atoms with E-state index in [1.165, 1.54) is 21.7 Å². The van der Waals surface area contributed by atoms with Crippen LogP contribution in [0.1, 0.15) is 24.1 Å². The number of rotatable bonds is 6. The predicted molar refractivity (Wildman–Crippen MR) is 93.8 cm³/mol. The smallest absolute Gasteiger partial charge is 0.221 e. The Morgan fingerprint density at radius 3 is 2.83 bits per heavy atom. The number of amides is 1. The molecule has 1 atom stereocenters. The number of hydrogen-bond donors (Lipinski definition) is 2. The fraction of sp³-hybridized carbons (Fsp3) is 0.389. The molecular formula is C18H22N2O2S. The molecule has 1 fully saturated rings. The minimum Gasteiger partial charge on any atom is -0.497 e. The van der Waals surface area contributed by atoms with Crippen molar-refractivity contribution >= 4 is 17.2 Å². The number of hydrogen-bond acceptors (Lipinski definition) is 4. The lowest BCUT2D eigenvalue weighted by atomic mass is 10.1. The van der Waals surface area contributed by atoms with Crippen molar-refractivity contribution < 1.29 is 9.53 Å². The molecule has 23 heavy (non-hydrogen) atoms. The van der Waals surface area contributed by atoms with Gasteiger partial charge in [-0.05, 0) is 61.3 Å². The van der Waals surface area contributed by atoms with E-state index < -0.39 is 0 Å². The molecule has 122 valence electrons. The number of carbonyl (C=O) groups is 1. The second-order valence-electron chi connectivity index (χ2n) is 5.77. The third-order valence-electron chi connectivity index (χ3n) is 4.09. The molecule has 0 spiro atoms. The van der Waals surface area contributed by atoms with Crippen LogP contribution in [0.5, 0.6) is 5.75 Å². The van der Waals surface area contributed by atoms with E-state index in [1.807, 2.05) is 12.1 Å². The number of ether oxygens (including phenoxy) is 1. The van der Waals surface area contributed by atoms with Crippen molar-refractivity contribution in [1.29, 1.82) is 0 Å². The minimum atomic E-state index is 0.129. The van der Waals surface area contributed by atoms with Crippen LogP contribution in [0.25, 0.3) is 10.4 Å². The average Bonchev–Trinajstić information content (AvgIpc) is 3.25. The van der Waals surface area contributed by atoms with Crippen LogP contribution >= 0.6 is 11.3 Å². The Balaban J connectivity index is 1.53. The van der Waals surface area contributed by atoms with Gasteiger partial charge in [0.1, 0.15) is 5.75 Å². The van der Waals surface area contributed by atoms with E-state index in [2.05, 4.69) is 34.9 Å². The standard InChI is InChI=1S/C18H22N2O2S/c1-22-15-6-4-13(5-7-15)17-9-8-16(23-17)12-20-18(21)11-14-3-2-10-19-14/h4-9,14,19H,2-3,10-12H2,1H3,(H,20,21). The molecule has 3 rings (SSSR count). The topological polar surface area (TPSA) is 50.4 Å². The molecule has 5 heteroatoms. The van der Waals surface area contributed by atoms with E-state index >= 15 is 0 Å². The summed E-state index contributed by atoms with van der Waals surface area (Å²) in [6, 6.07) is 12.6. The van der Waals surface area contributed by atoms with Crippen LogP contribution in [-0.4, -0.2) is 25.6 Å². The molecule has 1 unspecified atom stereocenters. The van der Waals surface area contributed by atoms with Gasteiger partial charge in [0.25, 0.3) is 0 Å². The summed E-state index contributed by atoms with van der Waals surface area (Å²) in [5.74, 6) is 0.988. The van der Waals surface area contributed by atoms with Crippen LogP contribution in [0.4, 0.5) is 0 Å². The Morgan fingerprint density at radius 2 is 2.13 bits per heavy atom. The first-order valence-electron chi connectivity index (χ1n) is 7.98. The number of benzene rings is 1. The molecule has 1 aromatic carbocycles. The van der Waals surface area contributed by atoms with E-state index in [1.54, 1.807) is 18.4 Å². The molecule has 1 saturated heterocycles. The van der Waals surface area contributed by atoms with Gasteiger partial charge in [-0.2, -0.15) is 0 Å². The monoisotopic (exact) mass is 330 g/mol. The van der Waals surface area contributed by atoms with Crippen LogP contribution in [0.3, 0.4) is 0 Å². The molecule has 0 bridgehead atoms. The van der Waals surface area contributed by atoms with Gasteiger partial charge >= 0.3 is 0 Å². The van der Waals surface area contributed by atoms with Crippen LogP contribution < -0.4 is 15.4 Å². The van der Waals surface area contributed by atoms with Gasteiger partial charge in [-0.15, -0.1) is 11.3 Å². The highest BCUT2D eigenvalue weighted by molar-refractivity contribution is 7.15. The summed E-state index contributed by atoms with van der Waals surface area (Å²) in [6.45, 7) is 1.64. The molecule has 0 radical (unpaired) electrons. The number of thiophene rings is 1. The highest BCUT2D eigenvalue weighted by Crippen LogP contribution is 2.29. The maximum atomic E-state index is 12.0. The largest absolute Gasteiger partial charge is 0.497 e. The van der Waals surface area contributed by atoms with Crippen LogP contribution in [0, 0.1) is 0 Å². The summed E-state index contributed by atoms with van der Waals surface area (Å²) in [5, 5.41) is 6.37. The van der Waals surface area contributed by atoms with Crippen molar-refractivity contribution in [2.45, 2.75) is 31.8 Å². The molecule has 1 aliphatic rings. The van der Waals surface area contributed by atoms with Gasteiger partial charge in [-0.3, -0.25) is 4.79 Å². The quantitative estimate of drug-likeness (QED) is 0.855. The zero-order valence-corrected chi connectivity index (χ0v) is 14.1. The van der Waals surface area contributed by atoms with Crippen molar-refractivity contribution in [2.75, 3.05) is 13.7 Å². The minimum absolute atomic E-state index is 0.129. The van der Waals surface area contributed by atoms with Crippen LogP contribution in [0.15, 0.2) is 36.4 Å². The zero-order valence-electron chi connectivity index (χ0n) is 13.3. The normalized spacial score (nSPS) is 17.2. The van der Waals surface area contributed by atoms with Crippen molar-refractivity contribution in [3.8, 4) is 16.2 Å². The first-order chi connectivity index (χ1) is 11.2. The summed E-state index contributed by atoms with van der Waals surface area (Å²) in [6.07, 6.45) is 2.86. The summed E-state index contributed by atoms with van der Waals surface area (Å²) in [7, 11) is 1.67. The molecule has 4 nitrogen and oxygen atoms in total. The third-order valence-corrected chi connectivity index (χ3v) is 5.22. The number of methoxy groups -OCH3 is 1. The van der Waals surface area contributed by atoms with Gasteiger partial charge < -0.3 is 15.4 Å². The average molecular weight is 330 g/mol. The van der Waals surface area contributed by atoms with Crippen molar-refractivity contribution in [3.05, 3.63) is 41.3 Å². The van der Waals surface area contributed by atoms with E-state index in [0.717, 1.165) is 18.7 Å². The molecule has 0 saturated carbocycles. The van der Waals surface area contributed by atoms with Crippen molar-refractivity contribution in [3.63, 3.8) is 0 Å².